The number of hydrogen-bond donors (Lipinski definition) is 1. The summed E-state index contributed by atoms with van der Waals surface area (Å²) >= 11 is 9.21. The fourth-order valence-corrected chi connectivity index (χ4v) is 3.32. The van der Waals surface area contributed by atoms with Crippen molar-refractivity contribution in [3.8, 4) is 11.5 Å². The molecule has 0 bridgehead atoms. The number of methoxy groups -OCH3 is 1. The van der Waals surface area contributed by atoms with E-state index in [4.69, 9.17) is 21.1 Å². The lowest BCUT2D eigenvalue weighted by molar-refractivity contribution is -0.123. The SMILES string of the molecule is COc1ccc2ccccc2c1C=NNC(=O)COc1ccc(Cl)cc1Br. The number of benzene rings is 3. The molecule has 7 heteroatoms. The molecule has 0 saturated heterocycles. The summed E-state index contributed by atoms with van der Waals surface area (Å²) in [5.41, 5.74) is 3.25. The first-order chi connectivity index (χ1) is 13.1. The minimum atomic E-state index is -0.382. The van der Waals surface area contributed by atoms with Gasteiger partial charge in [-0.05, 0) is 51.0 Å². The van der Waals surface area contributed by atoms with Gasteiger partial charge >= 0.3 is 0 Å². The molecule has 1 amide bonds. The Morgan fingerprint density at radius 1 is 1.19 bits per heavy atom. The fraction of sp³-hybridized carbons (Fsp3) is 0.100. The molecule has 0 aromatic heterocycles. The second-order valence-electron chi connectivity index (χ2n) is 5.56. The van der Waals surface area contributed by atoms with Crippen LogP contribution >= 0.6 is 27.5 Å². The fourth-order valence-electron chi connectivity index (χ4n) is 2.52. The quantitative estimate of drug-likeness (QED) is 0.436. The van der Waals surface area contributed by atoms with Gasteiger partial charge in [-0.2, -0.15) is 5.10 Å². The van der Waals surface area contributed by atoms with Gasteiger partial charge in [0.1, 0.15) is 11.5 Å². The molecule has 138 valence electrons. The van der Waals surface area contributed by atoms with E-state index in [1.165, 1.54) is 0 Å². The van der Waals surface area contributed by atoms with Crippen LogP contribution in [0.15, 0.2) is 64.2 Å². The van der Waals surface area contributed by atoms with E-state index >= 15 is 0 Å². The standard InChI is InChI=1S/C20H16BrClN2O3/c1-26-18-8-6-13-4-2-3-5-15(13)16(18)11-23-24-20(25)12-27-19-9-7-14(22)10-17(19)21/h2-11H,12H2,1H3,(H,24,25). The molecule has 3 rings (SSSR count). The average Bonchev–Trinajstić information content (AvgIpc) is 2.67. The van der Waals surface area contributed by atoms with Crippen LogP contribution in [0.4, 0.5) is 0 Å². The molecule has 27 heavy (non-hydrogen) atoms. The number of hydrazone groups is 1. The summed E-state index contributed by atoms with van der Waals surface area (Å²) < 4.78 is 11.5. The van der Waals surface area contributed by atoms with Crippen molar-refractivity contribution < 1.29 is 14.3 Å². The topological polar surface area (TPSA) is 59.9 Å². The normalized spacial score (nSPS) is 10.9. The number of nitrogens with one attached hydrogen (secondary N) is 1. The zero-order chi connectivity index (χ0) is 19.2. The van der Waals surface area contributed by atoms with Gasteiger partial charge in [0.25, 0.3) is 5.91 Å². The van der Waals surface area contributed by atoms with Crippen LogP contribution in [0.25, 0.3) is 10.8 Å². The van der Waals surface area contributed by atoms with Gasteiger partial charge in [0.2, 0.25) is 0 Å². The predicted molar refractivity (Wildman–Crippen MR) is 111 cm³/mol. The first-order valence-corrected chi connectivity index (χ1v) is 9.21. The molecule has 3 aromatic rings. The molecule has 5 nitrogen and oxygen atoms in total. The third-order valence-electron chi connectivity index (χ3n) is 3.79. The Bertz CT molecular complexity index is 1010. The predicted octanol–water partition coefficient (Wildman–Crippen LogP) is 4.79. The summed E-state index contributed by atoms with van der Waals surface area (Å²) in [6, 6.07) is 16.8. The lowest BCUT2D eigenvalue weighted by Gasteiger charge is -2.09. The van der Waals surface area contributed by atoms with Crippen molar-refractivity contribution in [2.24, 2.45) is 5.10 Å². The Morgan fingerprint density at radius 3 is 2.74 bits per heavy atom. The second kappa shape index (κ2) is 8.88. The number of carbonyl (C=O) groups excluding carboxylic acids is 1. The molecule has 1 N–H and O–H groups in total. The maximum absolute atomic E-state index is 12.0. The zero-order valence-corrected chi connectivity index (χ0v) is 16.8. The number of amides is 1. The lowest BCUT2D eigenvalue weighted by atomic mass is 10.0. The Morgan fingerprint density at radius 2 is 1.96 bits per heavy atom. The highest BCUT2D eigenvalue weighted by Gasteiger charge is 2.08. The van der Waals surface area contributed by atoms with E-state index in [2.05, 4.69) is 26.5 Å². The van der Waals surface area contributed by atoms with Crippen molar-refractivity contribution in [3.63, 3.8) is 0 Å². The summed E-state index contributed by atoms with van der Waals surface area (Å²) in [4.78, 5) is 12.0. The highest BCUT2D eigenvalue weighted by atomic mass is 79.9. The van der Waals surface area contributed by atoms with Gasteiger partial charge in [-0.3, -0.25) is 4.79 Å². The summed E-state index contributed by atoms with van der Waals surface area (Å²) in [6.07, 6.45) is 1.57. The number of ether oxygens (including phenoxy) is 2. The summed E-state index contributed by atoms with van der Waals surface area (Å²) in [5.74, 6) is 0.814. The highest BCUT2D eigenvalue weighted by molar-refractivity contribution is 9.10. The Kier molecular flexibility index (Phi) is 6.32. The number of carbonyl (C=O) groups is 1. The van der Waals surface area contributed by atoms with Crippen LogP contribution in [0.2, 0.25) is 5.02 Å². The van der Waals surface area contributed by atoms with E-state index in [9.17, 15) is 4.79 Å². The molecule has 0 aliphatic rings. The first kappa shape index (κ1) is 19.2. The summed E-state index contributed by atoms with van der Waals surface area (Å²) in [7, 11) is 1.60. The van der Waals surface area contributed by atoms with E-state index in [1.54, 1.807) is 31.5 Å². The minimum absolute atomic E-state index is 0.176. The van der Waals surface area contributed by atoms with Crippen LogP contribution in [0.5, 0.6) is 11.5 Å². The minimum Gasteiger partial charge on any atom is -0.496 e. The Hall–Kier alpha value is -2.57. The number of halogens is 2. The van der Waals surface area contributed by atoms with E-state index in [0.717, 1.165) is 16.3 Å². The van der Waals surface area contributed by atoms with Crippen LogP contribution in [-0.4, -0.2) is 25.8 Å². The molecule has 3 aromatic carbocycles. The number of fused-ring (bicyclic) bond motifs is 1. The molecular weight excluding hydrogens is 432 g/mol. The number of rotatable bonds is 6. The van der Waals surface area contributed by atoms with Crippen molar-refractivity contribution in [2.45, 2.75) is 0 Å². The molecule has 0 saturated carbocycles. The summed E-state index contributed by atoms with van der Waals surface area (Å²) in [6.45, 7) is -0.176. The zero-order valence-electron chi connectivity index (χ0n) is 14.4. The van der Waals surface area contributed by atoms with Gasteiger partial charge < -0.3 is 9.47 Å². The van der Waals surface area contributed by atoms with E-state index in [1.807, 2.05) is 36.4 Å². The van der Waals surface area contributed by atoms with E-state index in [-0.39, 0.29) is 12.5 Å². The molecule has 0 radical (unpaired) electrons. The Labute approximate surface area is 170 Å². The molecule has 0 heterocycles. The van der Waals surface area contributed by atoms with Crippen molar-refractivity contribution >= 4 is 50.4 Å². The van der Waals surface area contributed by atoms with Crippen LogP contribution < -0.4 is 14.9 Å². The third-order valence-corrected chi connectivity index (χ3v) is 4.64. The Balaban J connectivity index is 1.66. The molecule has 0 atom stereocenters. The van der Waals surface area contributed by atoms with Crippen molar-refractivity contribution in [2.75, 3.05) is 13.7 Å². The highest BCUT2D eigenvalue weighted by Crippen LogP contribution is 2.28. The number of nitrogens with zero attached hydrogens (tertiary/aromatic N) is 1. The molecule has 0 aliphatic carbocycles. The van der Waals surface area contributed by atoms with Gasteiger partial charge in [0.05, 0.1) is 17.8 Å². The molecule has 0 unspecified atom stereocenters. The molecule has 0 fully saturated rings. The van der Waals surface area contributed by atoms with Gasteiger partial charge in [-0.25, -0.2) is 5.43 Å². The van der Waals surface area contributed by atoms with Gasteiger partial charge in [-0.1, -0.05) is 41.9 Å². The molecular formula is C20H16BrClN2O3. The number of hydrogen-bond acceptors (Lipinski definition) is 4. The van der Waals surface area contributed by atoms with Crippen LogP contribution in [0, 0.1) is 0 Å². The molecule has 0 aliphatic heterocycles. The molecule has 0 spiro atoms. The van der Waals surface area contributed by atoms with Crippen LogP contribution in [-0.2, 0) is 4.79 Å². The van der Waals surface area contributed by atoms with E-state index < -0.39 is 0 Å². The van der Waals surface area contributed by atoms with Gasteiger partial charge in [0, 0.05) is 10.6 Å². The first-order valence-electron chi connectivity index (χ1n) is 8.04. The largest absolute Gasteiger partial charge is 0.496 e. The maximum Gasteiger partial charge on any atom is 0.277 e. The van der Waals surface area contributed by atoms with Gasteiger partial charge in [-0.15, -0.1) is 0 Å². The van der Waals surface area contributed by atoms with Crippen LogP contribution in [0.1, 0.15) is 5.56 Å². The third kappa shape index (κ3) is 4.78. The van der Waals surface area contributed by atoms with E-state index in [0.29, 0.717) is 21.0 Å². The van der Waals surface area contributed by atoms with Crippen molar-refractivity contribution in [1.29, 1.82) is 0 Å². The van der Waals surface area contributed by atoms with Crippen molar-refractivity contribution in [3.05, 3.63) is 69.7 Å². The smallest absolute Gasteiger partial charge is 0.277 e. The van der Waals surface area contributed by atoms with Gasteiger partial charge in [0.15, 0.2) is 6.61 Å². The lowest BCUT2D eigenvalue weighted by Crippen LogP contribution is -2.24. The average molecular weight is 448 g/mol. The summed E-state index contributed by atoms with van der Waals surface area (Å²) in [5, 5.41) is 6.65. The monoisotopic (exact) mass is 446 g/mol. The second-order valence-corrected chi connectivity index (χ2v) is 6.85. The van der Waals surface area contributed by atoms with Crippen LogP contribution in [0.3, 0.4) is 0 Å². The maximum atomic E-state index is 12.0. The van der Waals surface area contributed by atoms with Crippen molar-refractivity contribution in [1.82, 2.24) is 5.43 Å².